The molecule has 0 aliphatic heterocycles. The van der Waals surface area contributed by atoms with E-state index in [0.29, 0.717) is 18.4 Å². The summed E-state index contributed by atoms with van der Waals surface area (Å²) in [4.78, 5) is 25.1. The predicted molar refractivity (Wildman–Crippen MR) is 89.5 cm³/mol. The smallest absolute Gasteiger partial charge is 0.252 e. The summed E-state index contributed by atoms with van der Waals surface area (Å²) < 4.78 is 13.0. The Morgan fingerprint density at radius 2 is 1.71 bits per heavy atom. The minimum atomic E-state index is -0.424. The van der Waals surface area contributed by atoms with Crippen molar-refractivity contribution in [3.05, 3.63) is 71.0 Å². The number of aliphatic hydroxyl groups is 1. The molecule has 4 nitrogen and oxygen atoms in total. The third kappa shape index (κ3) is 4.26. The number of carbonyl (C=O) groups excluding carboxylic acids is 2. The van der Waals surface area contributed by atoms with Crippen LogP contribution in [0.15, 0.2) is 48.5 Å². The molecule has 0 radical (unpaired) electrons. The maximum Gasteiger partial charge on any atom is 0.252 e. The molecule has 126 valence electrons. The Morgan fingerprint density at radius 1 is 1.08 bits per heavy atom. The predicted octanol–water partition coefficient (Wildman–Crippen LogP) is 2.95. The fourth-order valence-corrected chi connectivity index (χ4v) is 2.43. The molecule has 0 heterocycles. The molecule has 2 aromatic carbocycles. The maximum atomic E-state index is 13.0. The molecule has 0 spiro atoms. The van der Waals surface area contributed by atoms with Crippen LogP contribution in [0.4, 0.5) is 4.39 Å². The number of benzene rings is 2. The van der Waals surface area contributed by atoms with E-state index in [1.54, 1.807) is 24.3 Å². The molecule has 0 aliphatic carbocycles. The molecule has 0 saturated heterocycles. The number of carbonyl (C=O) groups is 2. The summed E-state index contributed by atoms with van der Waals surface area (Å²) in [5.74, 6) is -1.12. The highest BCUT2D eigenvalue weighted by molar-refractivity contribution is 6.15. The average Bonchev–Trinajstić information content (AvgIpc) is 2.61. The summed E-state index contributed by atoms with van der Waals surface area (Å²) >= 11 is 0. The standard InChI is InChI=1S/C19H20FNO3/c1-2-15(11-12-22)21-19(24)17-6-4-3-5-16(17)18(23)13-7-9-14(20)10-8-13/h3-10,15,22H,2,11-12H2,1H3,(H,21,24). The minimum Gasteiger partial charge on any atom is -0.396 e. The molecule has 24 heavy (non-hydrogen) atoms. The largest absolute Gasteiger partial charge is 0.396 e. The molecular formula is C19H20FNO3. The van der Waals surface area contributed by atoms with Crippen LogP contribution in [-0.2, 0) is 0 Å². The first-order valence-electron chi connectivity index (χ1n) is 7.87. The summed E-state index contributed by atoms with van der Waals surface area (Å²) in [6.45, 7) is 1.89. The molecule has 0 fully saturated rings. The van der Waals surface area contributed by atoms with Crippen LogP contribution in [-0.4, -0.2) is 29.4 Å². The van der Waals surface area contributed by atoms with Crippen molar-refractivity contribution in [3.63, 3.8) is 0 Å². The number of rotatable bonds is 7. The van der Waals surface area contributed by atoms with E-state index in [9.17, 15) is 14.0 Å². The lowest BCUT2D eigenvalue weighted by Crippen LogP contribution is -2.35. The highest BCUT2D eigenvalue weighted by Gasteiger charge is 2.19. The number of hydrogen-bond acceptors (Lipinski definition) is 3. The van der Waals surface area contributed by atoms with E-state index in [1.807, 2.05) is 6.92 Å². The van der Waals surface area contributed by atoms with Crippen molar-refractivity contribution >= 4 is 11.7 Å². The monoisotopic (exact) mass is 329 g/mol. The van der Waals surface area contributed by atoms with Crippen LogP contribution >= 0.6 is 0 Å². The van der Waals surface area contributed by atoms with E-state index >= 15 is 0 Å². The van der Waals surface area contributed by atoms with E-state index in [-0.39, 0.29) is 35.5 Å². The Labute approximate surface area is 140 Å². The lowest BCUT2D eigenvalue weighted by molar-refractivity contribution is 0.0919. The summed E-state index contributed by atoms with van der Waals surface area (Å²) in [6, 6.07) is 11.6. The van der Waals surface area contributed by atoms with Gasteiger partial charge in [0.05, 0.1) is 5.56 Å². The van der Waals surface area contributed by atoms with Crippen molar-refractivity contribution in [2.75, 3.05) is 6.61 Å². The first-order valence-corrected chi connectivity index (χ1v) is 7.87. The first-order chi connectivity index (χ1) is 11.6. The van der Waals surface area contributed by atoms with E-state index in [4.69, 9.17) is 5.11 Å². The second-order valence-corrected chi connectivity index (χ2v) is 5.47. The zero-order chi connectivity index (χ0) is 17.5. The zero-order valence-electron chi connectivity index (χ0n) is 13.5. The van der Waals surface area contributed by atoms with Gasteiger partial charge in [-0.2, -0.15) is 0 Å². The van der Waals surface area contributed by atoms with E-state index in [0.717, 1.165) is 0 Å². The summed E-state index contributed by atoms with van der Waals surface area (Å²) in [5, 5.41) is 11.9. The number of nitrogens with one attached hydrogen (secondary N) is 1. The van der Waals surface area contributed by atoms with Gasteiger partial charge in [-0.25, -0.2) is 4.39 Å². The van der Waals surface area contributed by atoms with Gasteiger partial charge in [0.2, 0.25) is 0 Å². The number of halogens is 1. The van der Waals surface area contributed by atoms with E-state index in [1.165, 1.54) is 24.3 Å². The Morgan fingerprint density at radius 3 is 2.29 bits per heavy atom. The minimum absolute atomic E-state index is 0.0189. The fourth-order valence-electron chi connectivity index (χ4n) is 2.43. The van der Waals surface area contributed by atoms with Crippen molar-refractivity contribution in [1.82, 2.24) is 5.32 Å². The van der Waals surface area contributed by atoms with Crippen molar-refractivity contribution in [2.45, 2.75) is 25.8 Å². The second kappa shape index (κ2) is 8.36. The molecule has 1 atom stereocenters. The quantitative estimate of drug-likeness (QED) is 0.768. The van der Waals surface area contributed by atoms with Gasteiger partial charge in [-0.1, -0.05) is 25.1 Å². The molecule has 0 aliphatic rings. The molecule has 2 aromatic rings. The SMILES string of the molecule is CCC(CCO)NC(=O)c1ccccc1C(=O)c1ccc(F)cc1. The summed E-state index contributed by atoms with van der Waals surface area (Å²) in [5.41, 5.74) is 0.850. The van der Waals surface area contributed by atoms with Gasteiger partial charge in [-0.15, -0.1) is 0 Å². The average molecular weight is 329 g/mol. The van der Waals surface area contributed by atoms with Crippen molar-refractivity contribution < 1.29 is 19.1 Å². The molecule has 2 rings (SSSR count). The van der Waals surface area contributed by atoms with Gasteiger partial charge in [0.25, 0.3) is 5.91 Å². The normalized spacial score (nSPS) is 11.8. The number of aliphatic hydroxyl groups excluding tert-OH is 1. The van der Waals surface area contributed by atoms with Gasteiger partial charge in [0, 0.05) is 23.8 Å². The van der Waals surface area contributed by atoms with Gasteiger partial charge in [-0.3, -0.25) is 9.59 Å². The summed E-state index contributed by atoms with van der Waals surface area (Å²) in [7, 11) is 0. The first kappa shape index (κ1) is 17.8. The van der Waals surface area contributed by atoms with Gasteiger partial charge >= 0.3 is 0 Å². The van der Waals surface area contributed by atoms with Gasteiger partial charge in [0.15, 0.2) is 5.78 Å². The highest BCUT2D eigenvalue weighted by atomic mass is 19.1. The maximum absolute atomic E-state index is 13.0. The zero-order valence-corrected chi connectivity index (χ0v) is 13.5. The molecule has 1 amide bonds. The van der Waals surface area contributed by atoms with Crippen molar-refractivity contribution in [2.24, 2.45) is 0 Å². The van der Waals surface area contributed by atoms with Gasteiger partial charge < -0.3 is 10.4 Å². The summed E-state index contributed by atoms with van der Waals surface area (Å²) in [6.07, 6.45) is 1.14. The Hall–Kier alpha value is -2.53. The van der Waals surface area contributed by atoms with E-state index in [2.05, 4.69) is 5.32 Å². The number of ketones is 1. The van der Waals surface area contributed by atoms with Crippen molar-refractivity contribution in [3.8, 4) is 0 Å². The molecule has 0 bridgehead atoms. The molecular weight excluding hydrogens is 309 g/mol. The van der Waals surface area contributed by atoms with Crippen LogP contribution in [0.3, 0.4) is 0 Å². The lowest BCUT2D eigenvalue weighted by Gasteiger charge is -2.17. The molecule has 0 aromatic heterocycles. The molecule has 0 saturated carbocycles. The third-order valence-electron chi connectivity index (χ3n) is 3.83. The van der Waals surface area contributed by atoms with Crippen LogP contribution in [0.5, 0.6) is 0 Å². The number of hydrogen-bond donors (Lipinski definition) is 2. The van der Waals surface area contributed by atoms with Crippen LogP contribution < -0.4 is 5.32 Å². The Bertz CT molecular complexity index is 713. The van der Waals surface area contributed by atoms with Crippen LogP contribution in [0.2, 0.25) is 0 Å². The highest BCUT2D eigenvalue weighted by Crippen LogP contribution is 2.16. The van der Waals surface area contributed by atoms with Crippen LogP contribution in [0.25, 0.3) is 0 Å². The van der Waals surface area contributed by atoms with Gasteiger partial charge in [0.1, 0.15) is 5.82 Å². The van der Waals surface area contributed by atoms with E-state index < -0.39 is 5.82 Å². The number of amides is 1. The molecule has 1 unspecified atom stereocenters. The molecule has 5 heteroatoms. The van der Waals surface area contributed by atoms with Crippen molar-refractivity contribution in [1.29, 1.82) is 0 Å². The van der Waals surface area contributed by atoms with Crippen LogP contribution in [0, 0.1) is 5.82 Å². The Kier molecular flexibility index (Phi) is 6.21. The van der Waals surface area contributed by atoms with Crippen LogP contribution in [0.1, 0.15) is 46.0 Å². The molecule has 2 N–H and O–H groups in total. The second-order valence-electron chi connectivity index (χ2n) is 5.47. The Balaban J connectivity index is 2.28. The van der Waals surface area contributed by atoms with Gasteiger partial charge in [-0.05, 0) is 43.2 Å². The fraction of sp³-hybridized carbons (Fsp3) is 0.263. The topological polar surface area (TPSA) is 66.4 Å². The third-order valence-corrected chi connectivity index (χ3v) is 3.83. The lowest BCUT2D eigenvalue weighted by atomic mass is 9.97.